The molecule has 0 aromatic heterocycles. The van der Waals surface area contributed by atoms with Gasteiger partial charge in [-0.2, -0.15) is 0 Å². The van der Waals surface area contributed by atoms with Gasteiger partial charge < -0.3 is 9.47 Å². The summed E-state index contributed by atoms with van der Waals surface area (Å²) in [7, 11) is -1.28. The van der Waals surface area contributed by atoms with E-state index >= 15 is 0 Å². The molecule has 2 rings (SSSR count). The number of amides is 2. The van der Waals surface area contributed by atoms with Crippen LogP contribution in [0.5, 0.6) is 0 Å². The van der Waals surface area contributed by atoms with Gasteiger partial charge in [0, 0.05) is 20.9 Å². The lowest BCUT2D eigenvalue weighted by atomic mass is 9.79. The van der Waals surface area contributed by atoms with Gasteiger partial charge >= 0.3 is 12.1 Å². The average molecular weight is 426 g/mol. The normalized spacial score (nSPS) is 26.5. The Morgan fingerprint density at radius 1 is 1.17 bits per heavy atom. The third-order valence-electron chi connectivity index (χ3n) is 5.19. The Labute approximate surface area is 172 Å². The van der Waals surface area contributed by atoms with Crippen molar-refractivity contribution >= 4 is 32.0 Å². The number of hydrogen-bond donors (Lipinski definition) is 0. The van der Waals surface area contributed by atoms with Crippen molar-refractivity contribution in [1.29, 1.82) is 0 Å². The Balaban J connectivity index is 1.88. The van der Waals surface area contributed by atoms with Gasteiger partial charge in [-0.25, -0.2) is 4.79 Å². The van der Waals surface area contributed by atoms with Gasteiger partial charge in [-0.15, -0.1) is 0 Å². The van der Waals surface area contributed by atoms with E-state index < -0.39 is 37.6 Å². The molecule has 2 atom stereocenters. The zero-order chi connectivity index (χ0) is 21.7. The molecule has 2 aliphatic rings. The van der Waals surface area contributed by atoms with Crippen LogP contribution in [0.15, 0.2) is 12.2 Å². The molecular weight excluding hydrogens is 394 g/mol. The van der Waals surface area contributed by atoms with E-state index in [9.17, 15) is 19.2 Å². The zero-order valence-corrected chi connectivity index (χ0v) is 18.7. The number of carbonyl (C=O) groups is 4. The maximum Gasteiger partial charge on any atom is 0.534 e. The Morgan fingerprint density at radius 2 is 1.83 bits per heavy atom. The molecule has 1 heterocycles. The van der Waals surface area contributed by atoms with E-state index in [2.05, 4.69) is 19.6 Å². The summed E-state index contributed by atoms with van der Waals surface area (Å²) in [5.74, 6) is -1.34. The van der Waals surface area contributed by atoms with Crippen molar-refractivity contribution in [3.63, 3.8) is 0 Å². The number of ether oxygens (including phenoxy) is 2. The standard InChI is InChI=1S/C20H31NO7Si/c1-20(18(24)26-13-14-29(2,3)4)11-6-5-7-15(10-12-20)27-19(25)28-21-16(22)8-9-17(21)23/h5,7,15H,6,8-14H2,1-4H3/b7-5+/t15-,20+/m0/s1. The van der Waals surface area contributed by atoms with Crippen molar-refractivity contribution in [2.45, 2.75) is 77.2 Å². The van der Waals surface area contributed by atoms with Crippen LogP contribution in [0.3, 0.4) is 0 Å². The highest BCUT2D eigenvalue weighted by atomic mass is 28.3. The number of hydrogen-bond acceptors (Lipinski definition) is 7. The SMILES string of the molecule is C[C@@]1(C(=O)OCC[Si](C)(C)C)CC/C=C/[C@H](OC(=O)ON2C(=O)CCC2=O)CC1. The molecule has 1 aliphatic heterocycles. The van der Waals surface area contributed by atoms with Gasteiger partial charge in [0.1, 0.15) is 6.10 Å². The Hall–Kier alpha value is -2.16. The highest BCUT2D eigenvalue weighted by Crippen LogP contribution is 2.34. The summed E-state index contributed by atoms with van der Waals surface area (Å²) in [5.41, 5.74) is -0.656. The first-order chi connectivity index (χ1) is 13.5. The minimum atomic E-state index is -1.28. The number of carbonyl (C=O) groups excluding carboxylic acids is 4. The molecule has 0 aromatic rings. The van der Waals surface area contributed by atoms with E-state index in [4.69, 9.17) is 14.3 Å². The number of nitrogens with zero attached hydrogens (tertiary/aromatic N) is 1. The van der Waals surface area contributed by atoms with Crippen LogP contribution in [-0.2, 0) is 28.7 Å². The second kappa shape index (κ2) is 9.56. The monoisotopic (exact) mass is 425 g/mol. The second-order valence-corrected chi connectivity index (χ2v) is 14.7. The Kier molecular flexibility index (Phi) is 7.62. The van der Waals surface area contributed by atoms with E-state index in [-0.39, 0.29) is 18.8 Å². The molecule has 0 radical (unpaired) electrons. The van der Waals surface area contributed by atoms with Crippen LogP contribution in [0.4, 0.5) is 4.79 Å². The molecule has 162 valence electrons. The lowest BCUT2D eigenvalue weighted by Gasteiger charge is -2.30. The molecule has 1 aliphatic carbocycles. The van der Waals surface area contributed by atoms with Gasteiger partial charge in [-0.1, -0.05) is 30.8 Å². The largest absolute Gasteiger partial charge is 0.534 e. The number of allylic oxidation sites excluding steroid dienone is 1. The van der Waals surface area contributed by atoms with Crippen LogP contribution in [0, 0.1) is 5.41 Å². The quantitative estimate of drug-likeness (QED) is 0.277. The van der Waals surface area contributed by atoms with E-state index in [1.54, 1.807) is 6.08 Å². The molecule has 8 nitrogen and oxygen atoms in total. The molecule has 0 N–H and O–H groups in total. The first-order valence-corrected chi connectivity index (χ1v) is 13.8. The van der Waals surface area contributed by atoms with Gasteiger partial charge in [-0.3, -0.25) is 19.2 Å². The summed E-state index contributed by atoms with van der Waals surface area (Å²) in [5, 5.41) is 0.453. The van der Waals surface area contributed by atoms with Crippen molar-refractivity contribution in [1.82, 2.24) is 5.06 Å². The van der Waals surface area contributed by atoms with Gasteiger partial charge in [0.05, 0.1) is 12.0 Å². The zero-order valence-electron chi connectivity index (χ0n) is 17.7. The minimum Gasteiger partial charge on any atom is -0.466 e. The lowest BCUT2D eigenvalue weighted by molar-refractivity contribution is -0.178. The highest BCUT2D eigenvalue weighted by molar-refractivity contribution is 6.76. The van der Waals surface area contributed by atoms with Crippen molar-refractivity contribution in [3.8, 4) is 0 Å². The fourth-order valence-corrected chi connectivity index (χ4v) is 3.85. The van der Waals surface area contributed by atoms with Gasteiger partial charge in [0.15, 0.2) is 0 Å². The molecule has 0 bridgehead atoms. The van der Waals surface area contributed by atoms with Crippen molar-refractivity contribution in [2.75, 3.05) is 6.61 Å². The molecule has 0 saturated carbocycles. The summed E-state index contributed by atoms with van der Waals surface area (Å²) >= 11 is 0. The minimum absolute atomic E-state index is 0.0214. The predicted molar refractivity (Wildman–Crippen MR) is 107 cm³/mol. The summed E-state index contributed by atoms with van der Waals surface area (Å²) in [6, 6.07) is 0.917. The second-order valence-electron chi connectivity index (χ2n) is 9.09. The van der Waals surface area contributed by atoms with Crippen molar-refractivity contribution in [2.24, 2.45) is 5.41 Å². The first-order valence-electron chi connectivity index (χ1n) is 10.1. The Morgan fingerprint density at radius 3 is 2.45 bits per heavy atom. The number of imide groups is 1. The summed E-state index contributed by atoms with van der Waals surface area (Å²) in [6.07, 6.45) is 4.13. The maximum absolute atomic E-state index is 12.7. The maximum atomic E-state index is 12.7. The van der Waals surface area contributed by atoms with Gasteiger partial charge in [-0.05, 0) is 44.7 Å². The fourth-order valence-electron chi connectivity index (χ4n) is 3.14. The smallest absolute Gasteiger partial charge is 0.466 e. The molecule has 0 aromatic carbocycles. The van der Waals surface area contributed by atoms with Gasteiger partial charge in [0.2, 0.25) is 0 Å². The summed E-state index contributed by atoms with van der Waals surface area (Å²) < 4.78 is 10.8. The van der Waals surface area contributed by atoms with Gasteiger partial charge in [0.25, 0.3) is 11.8 Å². The fraction of sp³-hybridized carbons (Fsp3) is 0.700. The van der Waals surface area contributed by atoms with Crippen molar-refractivity contribution < 1.29 is 33.5 Å². The van der Waals surface area contributed by atoms with Crippen LogP contribution in [0.25, 0.3) is 0 Å². The summed E-state index contributed by atoms with van der Waals surface area (Å²) in [6.45, 7) is 9.00. The number of rotatable bonds is 6. The molecule has 0 spiro atoms. The molecule has 2 amide bonds. The van der Waals surface area contributed by atoms with Crippen LogP contribution < -0.4 is 0 Å². The Bertz CT molecular complexity index is 669. The number of hydroxylamine groups is 2. The molecule has 29 heavy (non-hydrogen) atoms. The summed E-state index contributed by atoms with van der Waals surface area (Å²) in [4.78, 5) is 52.4. The lowest BCUT2D eigenvalue weighted by Crippen LogP contribution is -2.35. The van der Waals surface area contributed by atoms with Crippen molar-refractivity contribution in [3.05, 3.63) is 12.2 Å². The molecule has 1 saturated heterocycles. The third-order valence-corrected chi connectivity index (χ3v) is 6.90. The third kappa shape index (κ3) is 6.99. The topological polar surface area (TPSA) is 99.2 Å². The van der Waals surface area contributed by atoms with Crippen LogP contribution in [0.2, 0.25) is 25.7 Å². The average Bonchev–Trinajstić information content (AvgIpc) is 2.92. The molecule has 9 heteroatoms. The molecular formula is C20H31NO7Si. The van der Waals surface area contributed by atoms with E-state index in [1.807, 2.05) is 13.0 Å². The predicted octanol–water partition coefficient (Wildman–Crippen LogP) is 3.59. The van der Waals surface area contributed by atoms with E-state index in [0.717, 1.165) is 6.04 Å². The molecule has 0 unspecified atom stereocenters. The number of esters is 1. The van der Waals surface area contributed by atoms with Crippen LogP contribution >= 0.6 is 0 Å². The van der Waals surface area contributed by atoms with E-state index in [0.29, 0.717) is 37.4 Å². The molecule has 1 fully saturated rings. The van der Waals surface area contributed by atoms with Crippen LogP contribution in [-0.4, -0.2) is 49.8 Å². The highest BCUT2D eigenvalue weighted by Gasteiger charge is 2.37. The van der Waals surface area contributed by atoms with E-state index in [1.165, 1.54) is 0 Å². The van der Waals surface area contributed by atoms with Crippen LogP contribution in [0.1, 0.15) is 45.4 Å². The first kappa shape index (κ1) is 23.1.